The molecule has 2 saturated heterocycles. The molecule has 2 aromatic rings. The molecule has 1 N–H and O–H groups in total. The van der Waals surface area contributed by atoms with Crippen molar-refractivity contribution in [1.29, 1.82) is 0 Å². The molecule has 32 heavy (non-hydrogen) atoms. The van der Waals surface area contributed by atoms with Crippen molar-refractivity contribution in [2.75, 3.05) is 55.7 Å². The number of carbonyl (C=O) groups excluding carboxylic acids is 1. The highest BCUT2D eigenvalue weighted by Crippen LogP contribution is 2.23. The molecule has 4 rings (SSSR count). The Labute approximate surface area is 188 Å². The maximum Gasteiger partial charge on any atom is 0.225 e. The number of amides is 1. The highest BCUT2D eigenvalue weighted by Gasteiger charge is 2.32. The van der Waals surface area contributed by atoms with Gasteiger partial charge in [0.1, 0.15) is 5.82 Å². The van der Waals surface area contributed by atoms with Gasteiger partial charge in [-0.3, -0.25) is 4.79 Å². The summed E-state index contributed by atoms with van der Waals surface area (Å²) in [5, 5.41) is 11.7. The van der Waals surface area contributed by atoms with Gasteiger partial charge in [0.15, 0.2) is 11.6 Å². The lowest BCUT2D eigenvalue weighted by Gasteiger charge is -2.38. The Bertz CT molecular complexity index is 1050. The lowest BCUT2D eigenvalue weighted by atomic mass is 9.96. The van der Waals surface area contributed by atoms with Crippen LogP contribution in [0.3, 0.4) is 0 Å². The van der Waals surface area contributed by atoms with E-state index in [0.717, 1.165) is 17.2 Å². The molecule has 0 radical (unpaired) electrons. The maximum absolute atomic E-state index is 12.9. The van der Waals surface area contributed by atoms with Crippen LogP contribution >= 0.6 is 0 Å². The lowest BCUT2D eigenvalue weighted by Crippen LogP contribution is -2.52. The van der Waals surface area contributed by atoms with E-state index >= 15 is 0 Å². The largest absolute Gasteiger partial charge is 0.352 e. The van der Waals surface area contributed by atoms with Gasteiger partial charge in [0.05, 0.1) is 6.26 Å². The molecule has 11 heteroatoms. The van der Waals surface area contributed by atoms with Crippen LogP contribution in [-0.4, -0.2) is 84.2 Å². The second-order valence-corrected chi connectivity index (χ2v) is 10.4. The molecule has 0 aromatic carbocycles. The number of aromatic nitrogens is 3. The Morgan fingerprint density at radius 2 is 1.72 bits per heavy atom. The van der Waals surface area contributed by atoms with E-state index in [1.165, 1.54) is 10.6 Å². The first-order valence-electron chi connectivity index (χ1n) is 10.8. The summed E-state index contributed by atoms with van der Waals surface area (Å²) >= 11 is 0. The molecule has 172 valence electrons. The summed E-state index contributed by atoms with van der Waals surface area (Å²) in [6.07, 6.45) is 4.14. The van der Waals surface area contributed by atoms with Crippen LogP contribution in [0, 0.1) is 12.8 Å². The minimum Gasteiger partial charge on any atom is -0.352 e. The number of hydrogen-bond acceptors (Lipinski definition) is 8. The van der Waals surface area contributed by atoms with Gasteiger partial charge in [-0.2, -0.15) is 0 Å². The fraction of sp³-hybridized carbons (Fsp3) is 0.524. The second kappa shape index (κ2) is 9.37. The quantitative estimate of drug-likeness (QED) is 0.711. The number of hydrogen-bond donors (Lipinski definition) is 1. The number of anilines is 3. The Hall–Kier alpha value is -2.79. The van der Waals surface area contributed by atoms with E-state index in [0.29, 0.717) is 57.9 Å². The van der Waals surface area contributed by atoms with Crippen molar-refractivity contribution in [2.24, 2.45) is 5.92 Å². The summed E-state index contributed by atoms with van der Waals surface area (Å²) in [7, 11) is -3.18. The normalized spacial score (nSPS) is 18.6. The van der Waals surface area contributed by atoms with Crippen LogP contribution < -0.4 is 10.2 Å². The molecule has 0 atom stereocenters. The molecule has 0 aliphatic carbocycles. The summed E-state index contributed by atoms with van der Waals surface area (Å²) in [5.74, 6) is 2.16. The van der Waals surface area contributed by atoms with Gasteiger partial charge in [-0.25, -0.2) is 17.7 Å². The predicted octanol–water partition coefficient (Wildman–Crippen LogP) is 1.24. The van der Waals surface area contributed by atoms with Gasteiger partial charge in [-0.05, 0) is 49.6 Å². The third kappa shape index (κ3) is 5.33. The van der Waals surface area contributed by atoms with E-state index in [2.05, 4.69) is 25.4 Å². The van der Waals surface area contributed by atoms with E-state index in [-0.39, 0.29) is 11.8 Å². The standard InChI is InChI=1S/C21H29N7O3S/c1-16-5-8-22-19(15-16)23-18-3-4-20(25-24-18)26-11-13-27(14-12-26)21(29)17-6-9-28(10-7-17)32(2,30)31/h3-5,8,15,17H,6-7,9-14H2,1-2H3,(H,22,23,24). The van der Waals surface area contributed by atoms with E-state index in [4.69, 9.17) is 0 Å². The molecule has 1 amide bonds. The highest BCUT2D eigenvalue weighted by atomic mass is 32.2. The molecule has 10 nitrogen and oxygen atoms in total. The number of pyridine rings is 1. The second-order valence-electron chi connectivity index (χ2n) is 8.37. The monoisotopic (exact) mass is 459 g/mol. The zero-order valence-corrected chi connectivity index (χ0v) is 19.3. The summed E-state index contributed by atoms with van der Waals surface area (Å²) < 4.78 is 24.8. The first-order valence-corrected chi connectivity index (χ1v) is 12.7. The number of carbonyl (C=O) groups is 1. The maximum atomic E-state index is 12.9. The van der Waals surface area contributed by atoms with Crippen molar-refractivity contribution in [3.05, 3.63) is 36.0 Å². The number of rotatable bonds is 5. The molecule has 2 fully saturated rings. The van der Waals surface area contributed by atoms with Crippen molar-refractivity contribution in [1.82, 2.24) is 24.4 Å². The Kier molecular flexibility index (Phi) is 6.56. The molecule has 0 unspecified atom stereocenters. The van der Waals surface area contributed by atoms with E-state index in [1.54, 1.807) is 6.20 Å². The average Bonchev–Trinajstić information content (AvgIpc) is 2.79. The van der Waals surface area contributed by atoms with E-state index < -0.39 is 10.0 Å². The molecular formula is C21H29N7O3S. The van der Waals surface area contributed by atoms with Crippen LogP contribution in [0.5, 0.6) is 0 Å². The summed E-state index contributed by atoms with van der Waals surface area (Å²) in [5.41, 5.74) is 1.11. The van der Waals surface area contributed by atoms with E-state index in [1.807, 2.05) is 36.1 Å². The molecule has 2 aliphatic heterocycles. The minimum absolute atomic E-state index is 0.0973. The number of nitrogens with one attached hydrogen (secondary N) is 1. The fourth-order valence-electron chi connectivity index (χ4n) is 4.14. The topological polar surface area (TPSA) is 112 Å². The minimum atomic E-state index is -3.18. The molecule has 4 heterocycles. The zero-order valence-electron chi connectivity index (χ0n) is 18.4. The van der Waals surface area contributed by atoms with Gasteiger partial charge in [-0.1, -0.05) is 0 Å². The highest BCUT2D eigenvalue weighted by molar-refractivity contribution is 7.88. The summed E-state index contributed by atoms with van der Waals surface area (Å²) in [6, 6.07) is 7.67. The molecule has 2 aromatic heterocycles. The average molecular weight is 460 g/mol. The summed E-state index contributed by atoms with van der Waals surface area (Å²) in [6.45, 7) is 5.47. The number of piperidine rings is 1. The Morgan fingerprint density at radius 3 is 2.31 bits per heavy atom. The first-order chi connectivity index (χ1) is 15.3. The predicted molar refractivity (Wildman–Crippen MR) is 122 cm³/mol. The van der Waals surface area contributed by atoms with Crippen molar-refractivity contribution in [2.45, 2.75) is 19.8 Å². The van der Waals surface area contributed by atoms with E-state index in [9.17, 15) is 13.2 Å². The fourth-order valence-corrected chi connectivity index (χ4v) is 5.02. The van der Waals surface area contributed by atoms with Crippen LogP contribution in [0.15, 0.2) is 30.5 Å². The third-order valence-electron chi connectivity index (χ3n) is 6.01. The van der Waals surface area contributed by atoms with Crippen LogP contribution in [0.25, 0.3) is 0 Å². The number of nitrogens with zero attached hydrogens (tertiary/aromatic N) is 6. The van der Waals surface area contributed by atoms with Crippen LogP contribution in [-0.2, 0) is 14.8 Å². The summed E-state index contributed by atoms with van der Waals surface area (Å²) in [4.78, 5) is 21.2. The van der Waals surface area contributed by atoms with Crippen molar-refractivity contribution in [3.63, 3.8) is 0 Å². The molecule has 0 bridgehead atoms. The van der Waals surface area contributed by atoms with Gasteiger partial charge in [0.2, 0.25) is 15.9 Å². The first kappa shape index (κ1) is 22.4. The van der Waals surface area contributed by atoms with Crippen LogP contribution in [0.2, 0.25) is 0 Å². The number of piperazine rings is 1. The third-order valence-corrected chi connectivity index (χ3v) is 7.31. The molecule has 0 saturated carbocycles. The van der Waals surface area contributed by atoms with Gasteiger partial charge in [-0.15, -0.1) is 10.2 Å². The van der Waals surface area contributed by atoms with Crippen molar-refractivity contribution >= 4 is 33.4 Å². The molecule has 2 aliphatic rings. The van der Waals surface area contributed by atoms with Crippen molar-refractivity contribution < 1.29 is 13.2 Å². The van der Waals surface area contributed by atoms with Gasteiger partial charge in [0.25, 0.3) is 0 Å². The SMILES string of the molecule is Cc1ccnc(Nc2ccc(N3CCN(C(=O)C4CCN(S(C)(=O)=O)CC4)CC3)nn2)c1. The van der Waals surface area contributed by atoms with Crippen molar-refractivity contribution in [3.8, 4) is 0 Å². The molecular weight excluding hydrogens is 430 g/mol. The van der Waals surface area contributed by atoms with Crippen LogP contribution in [0.4, 0.5) is 17.5 Å². The molecule has 0 spiro atoms. The smallest absolute Gasteiger partial charge is 0.225 e. The van der Waals surface area contributed by atoms with Gasteiger partial charge in [0, 0.05) is 51.4 Å². The Balaban J connectivity index is 1.28. The zero-order chi connectivity index (χ0) is 22.7. The lowest BCUT2D eigenvalue weighted by molar-refractivity contribution is -0.137. The van der Waals surface area contributed by atoms with Gasteiger partial charge < -0.3 is 15.1 Å². The number of aryl methyl sites for hydroxylation is 1. The van der Waals surface area contributed by atoms with Crippen LogP contribution in [0.1, 0.15) is 18.4 Å². The van der Waals surface area contributed by atoms with Gasteiger partial charge >= 0.3 is 0 Å². The Morgan fingerprint density at radius 1 is 1.00 bits per heavy atom. The number of sulfonamides is 1.